The number of aryl methyl sites for hydroxylation is 1. The Balaban J connectivity index is 1.04. The SMILES string of the molecule is Cc1ccc(N(c2ccc(-c3ccc(-c4ccccc4)c(-c4ccccc4)c3)cc2)c2ccccc2-c2cccc3c4ccccc4n(-c4ccccc4)c23)c(-c2cccc3cccc(C4CCCCC4)c23)c1. The van der Waals surface area contributed by atoms with Gasteiger partial charge in [0.05, 0.1) is 22.4 Å². The average molecular weight is 937 g/mol. The molecule has 0 aliphatic heterocycles. The topological polar surface area (TPSA) is 8.17 Å². The van der Waals surface area contributed by atoms with E-state index in [0.29, 0.717) is 5.92 Å². The Bertz CT molecular complexity index is 3930. The average Bonchev–Trinajstić information content (AvgIpc) is 3.81. The number of fused-ring (bicyclic) bond motifs is 4. The van der Waals surface area contributed by atoms with Crippen LogP contribution in [-0.2, 0) is 0 Å². The second-order valence-corrected chi connectivity index (χ2v) is 19.9. The summed E-state index contributed by atoms with van der Waals surface area (Å²) in [5.74, 6) is 0.553. The molecule has 0 N–H and O–H groups in total. The molecular formula is C71H56N2. The second kappa shape index (κ2) is 19.1. The number of hydrogen-bond donors (Lipinski definition) is 0. The fourth-order valence-corrected chi connectivity index (χ4v) is 12.0. The first kappa shape index (κ1) is 44.2. The lowest BCUT2D eigenvalue weighted by molar-refractivity contribution is 0.445. The summed E-state index contributed by atoms with van der Waals surface area (Å²) in [7, 11) is 0. The van der Waals surface area contributed by atoms with E-state index in [2.05, 4.69) is 271 Å². The first-order valence-corrected chi connectivity index (χ1v) is 26.1. The second-order valence-electron chi connectivity index (χ2n) is 19.9. The summed E-state index contributed by atoms with van der Waals surface area (Å²) in [6.45, 7) is 2.24. The fraction of sp³-hybridized carbons (Fsp3) is 0.0986. The zero-order valence-corrected chi connectivity index (χ0v) is 41.3. The third-order valence-electron chi connectivity index (χ3n) is 15.5. The summed E-state index contributed by atoms with van der Waals surface area (Å²) in [4.78, 5) is 2.54. The molecule has 12 aromatic rings. The van der Waals surface area contributed by atoms with Gasteiger partial charge in [0.2, 0.25) is 0 Å². The van der Waals surface area contributed by atoms with Gasteiger partial charge in [-0.25, -0.2) is 0 Å². The van der Waals surface area contributed by atoms with Gasteiger partial charge >= 0.3 is 0 Å². The third-order valence-corrected chi connectivity index (χ3v) is 15.5. The van der Waals surface area contributed by atoms with Crippen molar-refractivity contribution in [2.24, 2.45) is 0 Å². The largest absolute Gasteiger partial charge is 0.309 e. The van der Waals surface area contributed by atoms with Gasteiger partial charge in [0.1, 0.15) is 0 Å². The molecule has 73 heavy (non-hydrogen) atoms. The Kier molecular flexibility index (Phi) is 11.6. The molecule has 0 unspecified atom stereocenters. The minimum absolute atomic E-state index is 0.553. The highest BCUT2D eigenvalue weighted by Crippen LogP contribution is 2.50. The van der Waals surface area contributed by atoms with E-state index >= 15 is 0 Å². The number of aromatic nitrogens is 1. The van der Waals surface area contributed by atoms with Gasteiger partial charge in [0.25, 0.3) is 0 Å². The zero-order valence-electron chi connectivity index (χ0n) is 41.3. The Morgan fingerprint density at radius 3 is 1.77 bits per heavy atom. The van der Waals surface area contributed by atoms with Gasteiger partial charge in [-0.05, 0) is 136 Å². The van der Waals surface area contributed by atoms with Crippen molar-refractivity contribution in [2.75, 3.05) is 4.90 Å². The highest BCUT2D eigenvalue weighted by atomic mass is 15.1. The van der Waals surface area contributed by atoms with Crippen molar-refractivity contribution in [3.63, 3.8) is 0 Å². The minimum atomic E-state index is 0.553. The maximum atomic E-state index is 2.54. The highest BCUT2D eigenvalue weighted by molar-refractivity contribution is 6.15. The Hall–Kier alpha value is -8.72. The molecule has 2 heteroatoms. The van der Waals surface area contributed by atoms with Crippen molar-refractivity contribution in [3.8, 4) is 61.3 Å². The number of nitrogens with zero attached hydrogens (tertiary/aromatic N) is 2. The van der Waals surface area contributed by atoms with Crippen LogP contribution in [0.1, 0.15) is 49.1 Å². The molecule has 1 aliphatic carbocycles. The molecule has 1 saturated carbocycles. The first-order chi connectivity index (χ1) is 36.2. The molecular weight excluding hydrogens is 881 g/mol. The van der Waals surface area contributed by atoms with Crippen LogP contribution in [0.25, 0.3) is 93.9 Å². The lowest BCUT2D eigenvalue weighted by atomic mass is 9.80. The number of rotatable bonds is 10. The van der Waals surface area contributed by atoms with Gasteiger partial charge < -0.3 is 9.47 Å². The van der Waals surface area contributed by atoms with Crippen molar-refractivity contribution in [3.05, 3.63) is 266 Å². The minimum Gasteiger partial charge on any atom is -0.309 e. The molecule has 0 bridgehead atoms. The van der Waals surface area contributed by atoms with E-state index in [1.54, 1.807) is 0 Å². The van der Waals surface area contributed by atoms with E-state index in [4.69, 9.17) is 0 Å². The summed E-state index contributed by atoms with van der Waals surface area (Å²) in [6.07, 6.45) is 6.40. The van der Waals surface area contributed by atoms with Gasteiger partial charge in [0, 0.05) is 38.8 Å². The number of hydrogen-bond acceptors (Lipinski definition) is 1. The maximum Gasteiger partial charge on any atom is 0.0620 e. The monoisotopic (exact) mass is 936 g/mol. The number of anilines is 3. The molecule has 350 valence electrons. The van der Waals surface area contributed by atoms with Crippen LogP contribution in [0.15, 0.2) is 255 Å². The first-order valence-electron chi connectivity index (χ1n) is 26.1. The molecule has 1 aliphatic rings. The molecule has 1 aromatic heterocycles. The maximum absolute atomic E-state index is 2.54. The summed E-state index contributed by atoms with van der Waals surface area (Å²) in [5.41, 5.74) is 21.7. The molecule has 11 aromatic carbocycles. The molecule has 1 heterocycles. The van der Waals surface area contributed by atoms with Crippen LogP contribution in [0.3, 0.4) is 0 Å². The molecule has 2 nitrogen and oxygen atoms in total. The Morgan fingerprint density at radius 1 is 0.384 bits per heavy atom. The Morgan fingerprint density at radius 2 is 0.986 bits per heavy atom. The van der Waals surface area contributed by atoms with E-state index in [0.717, 1.165) is 28.3 Å². The van der Waals surface area contributed by atoms with E-state index in [-0.39, 0.29) is 0 Å². The summed E-state index contributed by atoms with van der Waals surface area (Å²) in [5, 5.41) is 5.17. The van der Waals surface area contributed by atoms with Gasteiger partial charge in [-0.1, -0.05) is 225 Å². The molecule has 0 atom stereocenters. The van der Waals surface area contributed by atoms with Crippen LogP contribution in [-0.4, -0.2) is 4.57 Å². The van der Waals surface area contributed by atoms with Crippen LogP contribution in [0.5, 0.6) is 0 Å². The van der Waals surface area contributed by atoms with Crippen molar-refractivity contribution in [2.45, 2.75) is 44.9 Å². The van der Waals surface area contributed by atoms with Gasteiger partial charge in [-0.15, -0.1) is 0 Å². The standard InChI is InChI=1S/C71H56N2/c1-49-39-46-69(66(47-49)62-34-19-28-54-27-18-33-59(70(54)62)52-23-8-3-9-24-52)72(57-43-40-50(41-44-57)55-42-45-58(51-21-6-2-7-22-51)65(48-55)53-25-10-4-11-26-53)67-37-16-14-31-60(67)63-35-20-36-64-61-32-15-17-38-68(61)73(71(63)64)56-29-12-5-13-30-56/h2,4-7,10-22,25-48,52H,3,8-9,23-24H2,1H3. The van der Waals surface area contributed by atoms with Gasteiger partial charge in [-0.3, -0.25) is 0 Å². The lowest BCUT2D eigenvalue weighted by Crippen LogP contribution is -2.13. The lowest BCUT2D eigenvalue weighted by Gasteiger charge is -2.31. The van der Waals surface area contributed by atoms with E-state index in [9.17, 15) is 0 Å². The van der Waals surface area contributed by atoms with Crippen LogP contribution in [0.2, 0.25) is 0 Å². The highest BCUT2D eigenvalue weighted by Gasteiger charge is 2.26. The number of benzene rings is 11. The van der Waals surface area contributed by atoms with Gasteiger partial charge in [-0.2, -0.15) is 0 Å². The quantitative estimate of drug-likeness (QED) is 0.133. The van der Waals surface area contributed by atoms with E-state index in [1.807, 2.05) is 0 Å². The molecule has 0 radical (unpaired) electrons. The molecule has 0 amide bonds. The van der Waals surface area contributed by atoms with Crippen LogP contribution in [0, 0.1) is 6.92 Å². The van der Waals surface area contributed by atoms with Crippen molar-refractivity contribution in [1.29, 1.82) is 0 Å². The molecule has 0 spiro atoms. The Labute approximate surface area is 429 Å². The third kappa shape index (κ3) is 8.10. The zero-order chi connectivity index (χ0) is 48.7. The molecule has 1 fully saturated rings. The van der Waals surface area contributed by atoms with Crippen molar-refractivity contribution < 1.29 is 0 Å². The number of para-hydroxylation sites is 4. The van der Waals surface area contributed by atoms with Crippen molar-refractivity contribution in [1.82, 2.24) is 4.57 Å². The van der Waals surface area contributed by atoms with Gasteiger partial charge in [0.15, 0.2) is 0 Å². The summed E-state index contributed by atoms with van der Waals surface area (Å²) >= 11 is 0. The summed E-state index contributed by atoms with van der Waals surface area (Å²) in [6, 6.07) is 94.5. The van der Waals surface area contributed by atoms with Crippen molar-refractivity contribution >= 4 is 49.6 Å². The van der Waals surface area contributed by atoms with E-state index < -0.39 is 0 Å². The predicted molar refractivity (Wildman–Crippen MR) is 311 cm³/mol. The van der Waals surface area contributed by atoms with E-state index in [1.165, 1.54) is 126 Å². The fourth-order valence-electron chi connectivity index (χ4n) is 12.0. The normalized spacial score (nSPS) is 12.9. The van der Waals surface area contributed by atoms with Crippen LogP contribution < -0.4 is 4.90 Å². The smallest absolute Gasteiger partial charge is 0.0620 e. The predicted octanol–water partition coefficient (Wildman–Crippen LogP) is 20.1. The molecule has 13 rings (SSSR count). The summed E-state index contributed by atoms with van der Waals surface area (Å²) < 4.78 is 2.46. The molecule has 0 saturated heterocycles. The van der Waals surface area contributed by atoms with Crippen LogP contribution in [0.4, 0.5) is 17.1 Å². The van der Waals surface area contributed by atoms with Crippen LogP contribution >= 0.6 is 0 Å².